The molecule has 31 heavy (non-hydrogen) atoms. The van der Waals surface area contributed by atoms with Gasteiger partial charge in [0.1, 0.15) is 11.6 Å². The highest BCUT2D eigenvalue weighted by Crippen LogP contribution is 2.39. The van der Waals surface area contributed by atoms with Gasteiger partial charge in [-0.05, 0) is 49.7 Å². The largest absolute Gasteiger partial charge is 0.378 e. The average Bonchev–Trinajstić information content (AvgIpc) is 2.79. The zero-order valence-electron chi connectivity index (χ0n) is 18.0. The fraction of sp³-hybridized carbons (Fsp3) is 0.522. The van der Waals surface area contributed by atoms with E-state index in [1.54, 1.807) is 12.1 Å². The topological polar surface area (TPSA) is 62.3 Å². The van der Waals surface area contributed by atoms with E-state index in [1.165, 1.54) is 24.8 Å². The maximum Gasteiger partial charge on any atom is 0.231 e. The standard InChI is InChI=1S/C23H30FN5OS/c1-17-15-20(29-11-13-30-14-12-29)27-21(26-17)28-22(31)25-16-23(9-3-2-4-10-23)18-5-7-19(24)8-6-18/h5-8,15H,2-4,9-14,16H2,1H3,(H2,25,26,27,28,31). The van der Waals surface area contributed by atoms with Gasteiger partial charge in [-0.15, -0.1) is 0 Å². The first-order valence-electron chi connectivity index (χ1n) is 11.0. The Morgan fingerprint density at radius 3 is 2.55 bits per heavy atom. The minimum atomic E-state index is -0.201. The third-order valence-electron chi connectivity index (χ3n) is 6.26. The van der Waals surface area contributed by atoms with Gasteiger partial charge in [0, 0.05) is 36.8 Å². The van der Waals surface area contributed by atoms with E-state index >= 15 is 0 Å². The second-order valence-electron chi connectivity index (χ2n) is 8.45. The predicted molar refractivity (Wildman–Crippen MR) is 125 cm³/mol. The van der Waals surface area contributed by atoms with Crippen molar-refractivity contribution in [3.8, 4) is 0 Å². The molecule has 8 heteroatoms. The first-order chi connectivity index (χ1) is 15.0. The Morgan fingerprint density at radius 2 is 1.84 bits per heavy atom. The van der Waals surface area contributed by atoms with E-state index in [2.05, 4.69) is 25.5 Å². The number of hydrogen-bond acceptors (Lipinski definition) is 5. The summed E-state index contributed by atoms with van der Waals surface area (Å²) >= 11 is 5.57. The molecule has 0 atom stereocenters. The predicted octanol–water partition coefficient (Wildman–Crippen LogP) is 3.95. The molecule has 1 aliphatic carbocycles. The molecule has 2 fully saturated rings. The van der Waals surface area contributed by atoms with Crippen LogP contribution in [0.15, 0.2) is 30.3 Å². The number of aromatic nitrogens is 2. The van der Waals surface area contributed by atoms with Gasteiger partial charge in [0.15, 0.2) is 5.11 Å². The summed E-state index contributed by atoms with van der Waals surface area (Å²) in [6.45, 7) is 5.71. The minimum Gasteiger partial charge on any atom is -0.378 e. The van der Waals surface area contributed by atoms with Crippen molar-refractivity contribution >= 4 is 29.1 Å². The highest BCUT2D eigenvalue weighted by molar-refractivity contribution is 7.80. The zero-order valence-corrected chi connectivity index (χ0v) is 18.8. The first-order valence-corrected chi connectivity index (χ1v) is 11.4. The Bertz CT molecular complexity index is 895. The Labute approximate surface area is 188 Å². The normalized spacial score (nSPS) is 18.5. The molecule has 0 spiro atoms. The van der Waals surface area contributed by atoms with Crippen LogP contribution in [0.4, 0.5) is 16.2 Å². The van der Waals surface area contributed by atoms with Crippen LogP contribution in [0.2, 0.25) is 0 Å². The fourth-order valence-corrected chi connectivity index (χ4v) is 4.72. The minimum absolute atomic E-state index is 0.0376. The number of morpholine rings is 1. The molecule has 6 nitrogen and oxygen atoms in total. The molecule has 1 saturated carbocycles. The van der Waals surface area contributed by atoms with Crippen LogP contribution < -0.4 is 15.5 Å². The van der Waals surface area contributed by atoms with Gasteiger partial charge in [0.05, 0.1) is 13.2 Å². The Balaban J connectivity index is 1.43. The van der Waals surface area contributed by atoms with Crippen molar-refractivity contribution in [2.75, 3.05) is 43.1 Å². The van der Waals surface area contributed by atoms with Gasteiger partial charge in [-0.3, -0.25) is 0 Å². The van der Waals surface area contributed by atoms with Crippen molar-refractivity contribution in [1.29, 1.82) is 0 Å². The van der Waals surface area contributed by atoms with Gasteiger partial charge in [-0.1, -0.05) is 31.4 Å². The van der Waals surface area contributed by atoms with Crippen LogP contribution >= 0.6 is 12.2 Å². The highest BCUT2D eigenvalue weighted by Gasteiger charge is 2.34. The zero-order chi connectivity index (χ0) is 21.7. The second-order valence-corrected chi connectivity index (χ2v) is 8.85. The van der Waals surface area contributed by atoms with Crippen LogP contribution in [0.5, 0.6) is 0 Å². The summed E-state index contributed by atoms with van der Waals surface area (Å²) in [7, 11) is 0. The average molecular weight is 444 g/mol. The Morgan fingerprint density at radius 1 is 1.13 bits per heavy atom. The van der Waals surface area contributed by atoms with Crippen molar-refractivity contribution in [3.63, 3.8) is 0 Å². The highest BCUT2D eigenvalue weighted by atomic mass is 32.1. The Kier molecular flexibility index (Phi) is 6.97. The number of halogens is 1. The third-order valence-corrected chi connectivity index (χ3v) is 6.50. The lowest BCUT2D eigenvalue weighted by Gasteiger charge is -2.38. The first kappa shape index (κ1) is 21.9. The molecule has 0 bridgehead atoms. The van der Waals surface area contributed by atoms with E-state index in [1.807, 2.05) is 25.1 Å². The van der Waals surface area contributed by atoms with Gasteiger partial charge >= 0.3 is 0 Å². The van der Waals surface area contributed by atoms with Crippen molar-refractivity contribution in [3.05, 3.63) is 47.4 Å². The number of rotatable bonds is 5. The van der Waals surface area contributed by atoms with Crippen LogP contribution in [-0.4, -0.2) is 47.9 Å². The number of benzene rings is 1. The van der Waals surface area contributed by atoms with Crippen LogP contribution in [0, 0.1) is 12.7 Å². The second kappa shape index (κ2) is 9.87. The van der Waals surface area contributed by atoms with Gasteiger partial charge in [0.2, 0.25) is 5.95 Å². The Hall–Kier alpha value is -2.32. The maximum atomic E-state index is 13.5. The monoisotopic (exact) mass is 443 g/mol. The van der Waals surface area contributed by atoms with Gasteiger partial charge in [0.25, 0.3) is 0 Å². The van der Waals surface area contributed by atoms with Gasteiger partial charge in [-0.25, -0.2) is 9.37 Å². The maximum absolute atomic E-state index is 13.5. The summed E-state index contributed by atoms with van der Waals surface area (Å²) in [6, 6.07) is 8.92. The van der Waals surface area contributed by atoms with Crippen LogP contribution in [0.25, 0.3) is 0 Å². The van der Waals surface area contributed by atoms with Gasteiger partial charge in [-0.2, -0.15) is 4.98 Å². The van der Waals surface area contributed by atoms with E-state index < -0.39 is 0 Å². The molecule has 1 saturated heterocycles. The van der Waals surface area contributed by atoms with E-state index in [9.17, 15) is 4.39 Å². The summed E-state index contributed by atoms with van der Waals surface area (Å²) in [5.41, 5.74) is 2.02. The number of thiocarbonyl (C=S) groups is 1. The molecule has 0 amide bonds. The van der Waals surface area contributed by atoms with Crippen molar-refractivity contribution in [2.24, 2.45) is 0 Å². The number of ether oxygens (including phenoxy) is 1. The lowest BCUT2D eigenvalue weighted by Crippen LogP contribution is -2.43. The quantitative estimate of drug-likeness (QED) is 0.679. The van der Waals surface area contributed by atoms with Crippen molar-refractivity contribution in [1.82, 2.24) is 15.3 Å². The summed E-state index contributed by atoms with van der Waals surface area (Å²) in [5.74, 6) is 1.18. The molecule has 2 N–H and O–H groups in total. The van der Waals surface area contributed by atoms with Crippen LogP contribution in [0.1, 0.15) is 43.4 Å². The van der Waals surface area contributed by atoms with Crippen molar-refractivity contribution < 1.29 is 9.13 Å². The molecule has 1 aromatic heterocycles. The lowest BCUT2D eigenvalue weighted by atomic mass is 9.69. The molecule has 166 valence electrons. The number of hydrogen-bond donors (Lipinski definition) is 2. The number of aryl methyl sites for hydroxylation is 1. The van der Waals surface area contributed by atoms with Crippen molar-refractivity contribution in [2.45, 2.75) is 44.4 Å². The van der Waals surface area contributed by atoms with E-state index in [4.69, 9.17) is 17.0 Å². The number of nitrogens with one attached hydrogen (secondary N) is 2. The SMILES string of the molecule is Cc1cc(N2CCOCC2)nc(NC(=S)NCC2(c3ccc(F)cc3)CCCCC2)n1. The number of anilines is 2. The number of nitrogens with zero attached hydrogens (tertiary/aromatic N) is 3. The van der Waals surface area contributed by atoms with Crippen LogP contribution in [-0.2, 0) is 10.2 Å². The lowest BCUT2D eigenvalue weighted by molar-refractivity contribution is 0.122. The molecular formula is C23H30FN5OS. The third kappa shape index (κ3) is 5.49. The summed E-state index contributed by atoms with van der Waals surface area (Å²) in [6.07, 6.45) is 5.71. The smallest absolute Gasteiger partial charge is 0.231 e. The van der Waals surface area contributed by atoms with E-state index in [0.717, 1.165) is 37.4 Å². The van der Waals surface area contributed by atoms with E-state index in [-0.39, 0.29) is 11.2 Å². The van der Waals surface area contributed by atoms with Crippen LogP contribution in [0.3, 0.4) is 0 Å². The summed E-state index contributed by atoms with van der Waals surface area (Å²) < 4.78 is 18.9. The molecule has 1 aromatic carbocycles. The molecule has 2 aliphatic rings. The summed E-state index contributed by atoms with van der Waals surface area (Å²) in [4.78, 5) is 11.4. The molecule has 2 heterocycles. The molecular weight excluding hydrogens is 413 g/mol. The fourth-order valence-electron chi connectivity index (χ4n) is 4.56. The molecule has 4 rings (SSSR count). The van der Waals surface area contributed by atoms with Gasteiger partial charge < -0.3 is 20.3 Å². The van der Waals surface area contributed by atoms with E-state index in [0.29, 0.717) is 30.8 Å². The molecule has 2 aromatic rings. The molecule has 0 unspecified atom stereocenters. The summed E-state index contributed by atoms with van der Waals surface area (Å²) in [5, 5.41) is 7.05. The molecule has 0 radical (unpaired) electrons. The molecule has 1 aliphatic heterocycles.